The van der Waals surface area contributed by atoms with Gasteiger partial charge >= 0.3 is 12.3 Å². The largest absolute Gasteiger partial charge is 0.443 e. The zero-order valence-corrected chi connectivity index (χ0v) is 17.3. The number of alkyl halides is 3. The summed E-state index contributed by atoms with van der Waals surface area (Å²) in [4.78, 5) is 24.8. The molecule has 0 radical (unpaired) electrons. The van der Waals surface area contributed by atoms with Crippen LogP contribution in [0.15, 0.2) is 36.4 Å². The maximum atomic E-state index is 12.8. The lowest BCUT2D eigenvalue weighted by Gasteiger charge is -2.28. The van der Waals surface area contributed by atoms with Crippen molar-refractivity contribution >= 4 is 17.5 Å². The minimum absolute atomic E-state index is 0.0579. The first-order chi connectivity index (χ1) is 13.7. The molecule has 0 saturated carbocycles. The van der Waals surface area contributed by atoms with Gasteiger partial charge in [-0.3, -0.25) is 15.0 Å². The van der Waals surface area contributed by atoms with E-state index in [2.05, 4.69) is 0 Å². The molecule has 6 nitrogen and oxygen atoms in total. The van der Waals surface area contributed by atoms with E-state index in [-0.39, 0.29) is 12.2 Å². The van der Waals surface area contributed by atoms with Gasteiger partial charge in [-0.05, 0) is 64.4 Å². The van der Waals surface area contributed by atoms with Gasteiger partial charge < -0.3 is 4.74 Å². The van der Waals surface area contributed by atoms with Crippen LogP contribution in [0, 0.1) is 24.0 Å². The van der Waals surface area contributed by atoms with Crippen molar-refractivity contribution in [2.45, 2.75) is 52.9 Å². The van der Waals surface area contributed by atoms with Crippen molar-refractivity contribution in [3.05, 3.63) is 68.8 Å². The van der Waals surface area contributed by atoms with Gasteiger partial charge in [0.2, 0.25) is 0 Å². The van der Waals surface area contributed by atoms with Gasteiger partial charge in [0.05, 0.1) is 17.0 Å². The Morgan fingerprint density at radius 3 is 1.97 bits per heavy atom. The molecule has 0 aromatic heterocycles. The second-order valence-corrected chi connectivity index (χ2v) is 7.95. The highest BCUT2D eigenvalue weighted by Gasteiger charge is 2.30. The molecule has 0 saturated heterocycles. The van der Waals surface area contributed by atoms with Crippen molar-refractivity contribution in [2.24, 2.45) is 0 Å². The molecule has 0 heterocycles. The fraction of sp³-hybridized carbons (Fsp3) is 0.381. The number of amides is 1. The van der Waals surface area contributed by atoms with Crippen molar-refractivity contribution in [1.29, 1.82) is 0 Å². The molecule has 0 fully saturated rings. The van der Waals surface area contributed by atoms with Crippen LogP contribution in [0.2, 0.25) is 0 Å². The second-order valence-electron chi connectivity index (χ2n) is 7.95. The number of nitro benzene ring substituents is 1. The van der Waals surface area contributed by atoms with Crippen LogP contribution in [-0.4, -0.2) is 16.6 Å². The van der Waals surface area contributed by atoms with E-state index in [9.17, 15) is 28.1 Å². The van der Waals surface area contributed by atoms with Crippen LogP contribution >= 0.6 is 0 Å². The number of ether oxygens (including phenoxy) is 1. The Hall–Kier alpha value is -3.10. The predicted octanol–water partition coefficient (Wildman–Crippen LogP) is 6.17. The molecule has 162 valence electrons. The molecule has 2 aromatic carbocycles. The normalized spacial score (nSPS) is 11.9. The molecule has 0 aliphatic rings. The van der Waals surface area contributed by atoms with Crippen LogP contribution in [0.4, 0.5) is 29.3 Å². The summed E-state index contributed by atoms with van der Waals surface area (Å²) in [7, 11) is 0. The maximum absolute atomic E-state index is 12.8. The lowest BCUT2D eigenvalue weighted by atomic mass is 10.1. The second kappa shape index (κ2) is 8.33. The number of halogens is 3. The number of carbonyl (C=O) groups excluding carboxylic acids is 1. The van der Waals surface area contributed by atoms with Gasteiger partial charge in [0, 0.05) is 16.8 Å². The molecule has 0 unspecified atom stereocenters. The van der Waals surface area contributed by atoms with Gasteiger partial charge in [-0.2, -0.15) is 13.2 Å². The fourth-order valence-corrected chi connectivity index (χ4v) is 2.94. The highest BCUT2D eigenvalue weighted by atomic mass is 19.4. The van der Waals surface area contributed by atoms with E-state index in [1.165, 1.54) is 29.2 Å². The number of aryl methyl sites for hydroxylation is 2. The van der Waals surface area contributed by atoms with E-state index < -0.39 is 28.4 Å². The first kappa shape index (κ1) is 23.2. The summed E-state index contributed by atoms with van der Waals surface area (Å²) in [5.74, 6) is 0. The number of rotatable bonds is 4. The fourth-order valence-electron chi connectivity index (χ4n) is 2.94. The molecule has 0 spiro atoms. The summed E-state index contributed by atoms with van der Waals surface area (Å²) < 4.78 is 43.9. The number of hydrogen-bond donors (Lipinski definition) is 0. The SMILES string of the molecule is Cc1cc(N(Cc2ccc(C(F)(F)F)cc2)C(=O)OC(C)(C)C)cc(C)c1[N+](=O)[O-]. The minimum atomic E-state index is -4.46. The molecule has 2 rings (SSSR count). The highest BCUT2D eigenvalue weighted by molar-refractivity contribution is 5.88. The first-order valence-corrected chi connectivity index (χ1v) is 9.11. The number of anilines is 1. The van der Waals surface area contributed by atoms with Crippen LogP contribution in [0.5, 0.6) is 0 Å². The zero-order valence-electron chi connectivity index (χ0n) is 17.3. The summed E-state index contributed by atoms with van der Waals surface area (Å²) in [5, 5.41) is 11.3. The van der Waals surface area contributed by atoms with Gasteiger partial charge in [-0.15, -0.1) is 0 Å². The summed E-state index contributed by atoms with van der Waals surface area (Å²) in [5.41, 5.74) is -0.144. The van der Waals surface area contributed by atoms with Crippen molar-refractivity contribution < 1.29 is 27.6 Å². The van der Waals surface area contributed by atoms with E-state index >= 15 is 0 Å². The predicted molar refractivity (Wildman–Crippen MR) is 106 cm³/mol. The number of carbonyl (C=O) groups is 1. The Morgan fingerprint density at radius 2 is 1.57 bits per heavy atom. The molecule has 0 N–H and O–H groups in total. The van der Waals surface area contributed by atoms with Gasteiger partial charge in [0.25, 0.3) is 5.69 Å². The molecule has 0 bridgehead atoms. The standard InChI is InChI=1S/C21H23F3N2O4/c1-13-10-17(11-14(2)18(13)26(28)29)25(19(27)30-20(3,4)5)12-15-6-8-16(9-7-15)21(22,23)24/h6-11H,12H2,1-5H3. The van der Waals surface area contributed by atoms with Gasteiger partial charge in [0.1, 0.15) is 5.60 Å². The molecule has 2 aromatic rings. The molecule has 1 amide bonds. The molecule has 0 atom stereocenters. The molecule has 9 heteroatoms. The zero-order chi connectivity index (χ0) is 22.9. The summed E-state index contributed by atoms with van der Waals surface area (Å²) in [6.45, 7) is 8.11. The Balaban J connectivity index is 2.46. The van der Waals surface area contributed by atoms with Crippen LogP contribution in [0.3, 0.4) is 0 Å². The summed E-state index contributed by atoms with van der Waals surface area (Å²) >= 11 is 0. The van der Waals surface area contributed by atoms with Crippen molar-refractivity contribution in [1.82, 2.24) is 0 Å². The van der Waals surface area contributed by atoms with E-state index in [1.54, 1.807) is 34.6 Å². The number of nitrogens with zero attached hydrogens (tertiary/aromatic N) is 2. The van der Waals surface area contributed by atoms with Crippen molar-refractivity contribution in [3.63, 3.8) is 0 Å². The Labute approximate surface area is 172 Å². The van der Waals surface area contributed by atoms with E-state index in [0.717, 1.165) is 12.1 Å². The number of hydrogen-bond acceptors (Lipinski definition) is 4. The summed E-state index contributed by atoms with van der Waals surface area (Å²) in [6, 6.07) is 7.42. The van der Waals surface area contributed by atoms with Crippen molar-refractivity contribution in [3.8, 4) is 0 Å². The average Bonchev–Trinajstić information content (AvgIpc) is 2.56. The molecular weight excluding hydrogens is 401 g/mol. The number of benzene rings is 2. The van der Waals surface area contributed by atoms with E-state index in [0.29, 0.717) is 22.4 Å². The number of nitro groups is 1. The molecular formula is C21H23F3N2O4. The van der Waals surface area contributed by atoms with Gasteiger partial charge in [-0.1, -0.05) is 12.1 Å². The lowest BCUT2D eigenvalue weighted by Crippen LogP contribution is -2.36. The maximum Gasteiger partial charge on any atom is 0.416 e. The Bertz CT molecular complexity index is 925. The first-order valence-electron chi connectivity index (χ1n) is 9.11. The average molecular weight is 424 g/mol. The highest BCUT2D eigenvalue weighted by Crippen LogP contribution is 2.32. The molecule has 30 heavy (non-hydrogen) atoms. The third kappa shape index (κ3) is 5.71. The van der Waals surface area contributed by atoms with Gasteiger partial charge in [-0.25, -0.2) is 4.79 Å². The third-order valence-electron chi connectivity index (χ3n) is 4.21. The Kier molecular flexibility index (Phi) is 6.44. The topological polar surface area (TPSA) is 72.7 Å². The monoisotopic (exact) mass is 424 g/mol. The Morgan fingerprint density at radius 1 is 1.07 bits per heavy atom. The van der Waals surface area contributed by atoms with Gasteiger partial charge in [0.15, 0.2) is 0 Å². The third-order valence-corrected chi connectivity index (χ3v) is 4.21. The van der Waals surface area contributed by atoms with Crippen LogP contribution in [0.25, 0.3) is 0 Å². The van der Waals surface area contributed by atoms with E-state index in [4.69, 9.17) is 4.74 Å². The lowest BCUT2D eigenvalue weighted by molar-refractivity contribution is -0.386. The van der Waals surface area contributed by atoms with Crippen LogP contribution in [-0.2, 0) is 17.5 Å². The molecule has 0 aliphatic carbocycles. The van der Waals surface area contributed by atoms with E-state index in [1.807, 2.05) is 0 Å². The van der Waals surface area contributed by atoms with Crippen LogP contribution < -0.4 is 4.90 Å². The summed E-state index contributed by atoms with van der Waals surface area (Å²) in [6.07, 6.45) is -5.18. The minimum Gasteiger partial charge on any atom is -0.443 e. The quantitative estimate of drug-likeness (QED) is 0.434. The van der Waals surface area contributed by atoms with Crippen LogP contribution in [0.1, 0.15) is 43.0 Å². The molecule has 0 aliphatic heterocycles. The smallest absolute Gasteiger partial charge is 0.416 e. The van der Waals surface area contributed by atoms with Crippen molar-refractivity contribution in [2.75, 3.05) is 4.90 Å².